The molecule has 8 nitrogen and oxygen atoms in total. The number of amides is 2. The number of anilines is 1. The van der Waals surface area contributed by atoms with Crippen LogP contribution in [0.2, 0.25) is 0 Å². The number of carbonyl (C=O) groups is 2. The quantitative estimate of drug-likeness (QED) is 0.730. The predicted octanol–water partition coefficient (Wildman–Crippen LogP) is 2.32. The van der Waals surface area contributed by atoms with Crippen LogP contribution in [-0.4, -0.2) is 52.6 Å². The van der Waals surface area contributed by atoms with E-state index in [1.807, 2.05) is 29.2 Å². The van der Waals surface area contributed by atoms with Gasteiger partial charge in [-0.2, -0.15) is 5.10 Å². The van der Waals surface area contributed by atoms with E-state index in [-0.39, 0.29) is 29.3 Å². The largest absolute Gasteiger partial charge is 0.355 e. The molecule has 0 atom stereocenters. The number of piperidine rings is 1. The molecule has 1 aromatic heterocycles. The minimum absolute atomic E-state index is 0.0301. The van der Waals surface area contributed by atoms with Crippen molar-refractivity contribution in [3.8, 4) is 0 Å². The number of carbonyl (C=O) groups excluding carboxylic acids is 2. The first-order valence-electron chi connectivity index (χ1n) is 12.0. The second kappa shape index (κ2) is 9.37. The standard InChI is InChI=1S/C25H31N5O3/c31-23-10-9-22(27-28-23)29-13-11-18(12-14-29)24(32)26-20-7-5-17(6-8-20)15-30-16-19-3-1-2-4-21(19)25(30)33/h1-4,9-10,17-18,20H,5-8,11-16H2,(H,26,32)(H,28,31). The summed E-state index contributed by atoms with van der Waals surface area (Å²) in [6.07, 6.45) is 5.62. The molecular weight excluding hydrogens is 418 g/mol. The first-order valence-corrected chi connectivity index (χ1v) is 12.0. The van der Waals surface area contributed by atoms with E-state index >= 15 is 0 Å². The molecule has 2 fully saturated rings. The average Bonchev–Trinajstić information content (AvgIpc) is 3.16. The fourth-order valence-electron chi connectivity index (χ4n) is 5.47. The van der Waals surface area contributed by atoms with Crippen LogP contribution < -0.4 is 15.8 Å². The number of rotatable bonds is 5. The highest BCUT2D eigenvalue weighted by Crippen LogP contribution is 2.30. The van der Waals surface area contributed by atoms with Crippen LogP contribution in [0.4, 0.5) is 5.82 Å². The molecule has 2 aliphatic heterocycles. The smallest absolute Gasteiger partial charge is 0.264 e. The minimum atomic E-state index is -0.208. The molecule has 8 heteroatoms. The van der Waals surface area contributed by atoms with Gasteiger partial charge in [0.05, 0.1) is 0 Å². The van der Waals surface area contributed by atoms with Gasteiger partial charge in [-0.3, -0.25) is 14.4 Å². The van der Waals surface area contributed by atoms with E-state index in [0.29, 0.717) is 5.92 Å². The van der Waals surface area contributed by atoms with E-state index in [2.05, 4.69) is 20.4 Å². The molecular formula is C25H31N5O3. The first kappa shape index (κ1) is 21.7. The predicted molar refractivity (Wildman–Crippen MR) is 125 cm³/mol. The summed E-state index contributed by atoms with van der Waals surface area (Å²) in [6, 6.07) is 11.3. The summed E-state index contributed by atoms with van der Waals surface area (Å²) in [7, 11) is 0. The summed E-state index contributed by atoms with van der Waals surface area (Å²) in [5, 5.41) is 9.85. The van der Waals surface area contributed by atoms with Crippen molar-refractivity contribution in [2.24, 2.45) is 11.8 Å². The maximum Gasteiger partial charge on any atom is 0.264 e. The third kappa shape index (κ3) is 4.79. The van der Waals surface area contributed by atoms with Crippen molar-refractivity contribution in [1.82, 2.24) is 20.4 Å². The summed E-state index contributed by atoms with van der Waals surface area (Å²) in [5.74, 6) is 1.61. The van der Waals surface area contributed by atoms with Crippen LogP contribution in [0.1, 0.15) is 54.4 Å². The molecule has 0 bridgehead atoms. The zero-order valence-electron chi connectivity index (χ0n) is 18.8. The Morgan fingerprint density at radius 3 is 2.45 bits per heavy atom. The van der Waals surface area contributed by atoms with Crippen LogP contribution in [0, 0.1) is 11.8 Å². The summed E-state index contributed by atoms with van der Waals surface area (Å²) in [4.78, 5) is 40.8. The van der Waals surface area contributed by atoms with E-state index in [4.69, 9.17) is 0 Å². The molecule has 2 amide bonds. The number of hydrogen-bond acceptors (Lipinski definition) is 5. The molecule has 3 aliphatic rings. The second-order valence-corrected chi connectivity index (χ2v) is 9.61. The molecule has 3 heterocycles. The van der Waals surface area contributed by atoms with Gasteiger partial charge in [0, 0.05) is 49.8 Å². The number of H-pyrrole nitrogens is 1. The molecule has 5 rings (SSSR count). The molecule has 2 N–H and O–H groups in total. The van der Waals surface area contributed by atoms with Gasteiger partial charge in [0.2, 0.25) is 5.91 Å². The third-order valence-electron chi connectivity index (χ3n) is 7.42. The second-order valence-electron chi connectivity index (χ2n) is 9.61. The van der Waals surface area contributed by atoms with Gasteiger partial charge in [-0.05, 0) is 62.1 Å². The maximum atomic E-state index is 12.8. The molecule has 33 heavy (non-hydrogen) atoms. The van der Waals surface area contributed by atoms with Crippen molar-refractivity contribution in [2.75, 3.05) is 24.5 Å². The lowest BCUT2D eigenvalue weighted by molar-refractivity contribution is -0.126. The van der Waals surface area contributed by atoms with Crippen molar-refractivity contribution in [3.05, 3.63) is 57.9 Å². The van der Waals surface area contributed by atoms with Gasteiger partial charge in [-0.15, -0.1) is 0 Å². The Bertz CT molecular complexity index is 1050. The van der Waals surface area contributed by atoms with Gasteiger partial charge in [0.25, 0.3) is 11.5 Å². The number of hydrogen-bond donors (Lipinski definition) is 2. The number of nitrogens with one attached hydrogen (secondary N) is 2. The van der Waals surface area contributed by atoms with Crippen LogP contribution in [0.25, 0.3) is 0 Å². The zero-order valence-corrected chi connectivity index (χ0v) is 18.8. The number of nitrogens with zero attached hydrogens (tertiary/aromatic N) is 3. The van der Waals surface area contributed by atoms with Gasteiger partial charge in [0.15, 0.2) is 0 Å². The van der Waals surface area contributed by atoms with E-state index in [0.717, 1.165) is 81.6 Å². The van der Waals surface area contributed by atoms with E-state index < -0.39 is 0 Å². The van der Waals surface area contributed by atoms with Gasteiger partial charge < -0.3 is 15.1 Å². The van der Waals surface area contributed by atoms with Crippen LogP contribution in [-0.2, 0) is 11.3 Å². The fraction of sp³-hybridized carbons (Fsp3) is 0.520. The Kier molecular flexibility index (Phi) is 6.15. The van der Waals surface area contributed by atoms with Crippen molar-refractivity contribution in [2.45, 2.75) is 51.1 Å². The zero-order chi connectivity index (χ0) is 22.8. The van der Waals surface area contributed by atoms with Crippen molar-refractivity contribution >= 4 is 17.6 Å². The number of benzene rings is 1. The van der Waals surface area contributed by atoms with Gasteiger partial charge in [-0.1, -0.05) is 18.2 Å². The molecule has 1 aliphatic carbocycles. The highest BCUT2D eigenvalue weighted by Gasteiger charge is 2.32. The molecule has 0 spiro atoms. The number of fused-ring (bicyclic) bond motifs is 1. The van der Waals surface area contributed by atoms with Gasteiger partial charge in [0.1, 0.15) is 5.82 Å². The lowest BCUT2D eigenvalue weighted by atomic mass is 9.85. The normalized spacial score (nSPS) is 23.5. The molecule has 2 aromatic rings. The first-order chi connectivity index (χ1) is 16.1. The highest BCUT2D eigenvalue weighted by atomic mass is 16.2. The summed E-state index contributed by atoms with van der Waals surface area (Å²) < 4.78 is 0. The maximum absolute atomic E-state index is 12.8. The Hall–Kier alpha value is -3.16. The summed E-state index contributed by atoms with van der Waals surface area (Å²) >= 11 is 0. The third-order valence-corrected chi connectivity index (χ3v) is 7.42. The number of aromatic amines is 1. The van der Waals surface area contributed by atoms with Crippen molar-refractivity contribution in [1.29, 1.82) is 0 Å². The van der Waals surface area contributed by atoms with Gasteiger partial charge in [-0.25, -0.2) is 5.10 Å². The van der Waals surface area contributed by atoms with Crippen molar-refractivity contribution < 1.29 is 9.59 Å². The Morgan fingerprint density at radius 1 is 1.00 bits per heavy atom. The van der Waals surface area contributed by atoms with Crippen LogP contribution in [0.5, 0.6) is 0 Å². The summed E-state index contributed by atoms with van der Waals surface area (Å²) in [6.45, 7) is 3.05. The topological polar surface area (TPSA) is 98.4 Å². The molecule has 0 radical (unpaired) electrons. The monoisotopic (exact) mass is 449 g/mol. The lowest BCUT2D eigenvalue weighted by Crippen LogP contribution is -2.45. The Morgan fingerprint density at radius 2 is 1.76 bits per heavy atom. The lowest BCUT2D eigenvalue weighted by Gasteiger charge is -2.34. The molecule has 1 aromatic carbocycles. The van der Waals surface area contributed by atoms with Crippen molar-refractivity contribution in [3.63, 3.8) is 0 Å². The van der Waals surface area contributed by atoms with E-state index in [1.165, 1.54) is 6.07 Å². The number of aromatic nitrogens is 2. The highest BCUT2D eigenvalue weighted by molar-refractivity contribution is 5.98. The van der Waals surface area contributed by atoms with E-state index in [1.54, 1.807) is 6.07 Å². The molecule has 174 valence electrons. The van der Waals surface area contributed by atoms with Crippen LogP contribution >= 0.6 is 0 Å². The molecule has 1 saturated heterocycles. The molecule has 1 saturated carbocycles. The van der Waals surface area contributed by atoms with E-state index in [9.17, 15) is 14.4 Å². The summed E-state index contributed by atoms with van der Waals surface area (Å²) in [5.41, 5.74) is 1.77. The Labute approximate surface area is 193 Å². The van der Waals surface area contributed by atoms with Gasteiger partial charge >= 0.3 is 0 Å². The SMILES string of the molecule is O=C(NC1CCC(CN2Cc3ccccc3C2=O)CC1)C1CCN(c2ccc(=O)[nH]n2)CC1. The average molecular weight is 450 g/mol. The molecule has 0 unspecified atom stereocenters. The van der Waals surface area contributed by atoms with Crippen LogP contribution in [0.15, 0.2) is 41.2 Å². The fourth-order valence-corrected chi connectivity index (χ4v) is 5.47. The van der Waals surface area contributed by atoms with Crippen LogP contribution in [0.3, 0.4) is 0 Å². The Balaban J connectivity index is 1.05. The minimum Gasteiger partial charge on any atom is -0.355 e.